The van der Waals surface area contributed by atoms with Crippen molar-refractivity contribution >= 4 is 11.6 Å². The lowest BCUT2D eigenvalue weighted by Gasteiger charge is -2.09. The summed E-state index contributed by atoms with van der Waals surface area (Å²) in [5, 5.41) is 6.80. The van der Waals surface area contributed by atoms with Crippen LogP contribution in [0.4, 0.5) is 5.69 Å². The van der Waals surface area contributed by atoms with E-state index in [2.05, 4.69) is 15.4 Å². The number of nitrogens with one attached hydrogen (secondary N) is 1. The maximum atomic E-state index is 12.0. The minimum absolute atomic E-state index is 0.257. The molecule has 0 aliphatic carbocycles. The normalized spacial score (nSPS) is 10.2. The summed E-state index contributed by atoms with van der Waals surface area (Å²) in [5.74, 6) is 0.723. The lowest BCUT2D eigenvalue weighted by molar-refractivity contribution is 0.0947. The number of hydrogen-bond acceptors (Lipinski definition) is 5. The quantitative estimate of drug-likeness (QED) is 0.774. The van der Waals surface area contributed by atoms with E-state index in [9.17, 15) is 4.79 Å². The van der Waals surface area contributed by atoms with Crippen molar-refractivity contribution in [3.05, 3.63) is 35.9 Å². The molecule has 2 rings (SSSR count). The molecular weight excluding hydrogens is 246 g/mol. The molecule has 0 saturated carbocycles. The molecule has 1 aromatic heterocycles. The standard InChI is InChI=1S/C12H15N5O2/c1-17-7-15-11(16-17)6-14-12(18)9-4-3-8(13)5-10(9)19-2/h3-5,7H,6,13H2,1-2H3,(H,14,18). The number of carbonyl (C=O) groups is 1. The van der Waals surface area contributed by atoms with Crippen LogP contribution in [-0.4, -0.2) is 27.8 Å². The molecule has 7 heteroatoms. The first kappa shape index (κ1) is 12.9. The van der Waals surface area contributed by atoms with Gasteiger partial charge in [-0.2, -0.15) is 5.10 Å². The molecule has 0 radical (unpaired) electrons. The molecule has 0 fully saturated rings. The van der Waals surface area contributed by atoms with Crippen LogP contribution >= 0.6 is 0 Å². The first-order valence-electron chi connectivity index (χ1n) is 5.66. The highest BCUT2D eigenvalue weighted by atomic mass is 16.5. The Hall–Kier alpha value is -2.57. The Morgan fingerprint density at radius 2 is 2.32 bits per heavy atom. The lowest BCUT2D eigenvalue weighted by Crippen LogP contribution is -2.24. The first-order chi connectivity index (χ1) is 9.10. The Kier molecular flexibility index (Phi) is 3.65. The zero-order valence-electron chi connectivity index (χ0n) is 10.8. The monoisotopic (exact) mass is 261 g/mol. The van der Waals surface area contributed by atoms with Gasteiger partial charge in [-0.05, 0) is 12.1 Å². The molecule has 0 spiro atoms. The highest BCUT2D eigenvalue weighted by Crippen LogP contribution is 2.21. The van der Waals surface area contributed by atoms with Crippen molar-refractivity contribution in [1.82, 2.24) is 20.1 Å². The minimum atomic E-state index is -0.260. The molecule has 7 nitrogen and oxygen atoms in total. The van der Waals surface area contributed by atoms with Crippen LogP contribution in [0.2, 0.25) is 0 Å². The van der Waals surface area contributed by atoms with E-state index in [-0.39, 0.29) is 12.5 Å². The summed E-state index contributed by atoms with van der Waals surface area (Å²) < 4.78 is 6.70. The number of rotatable bonds is 4. The predicted octanol–water partition coefficient (Wildman–Crippen LogP) is 0.336. The van der Waals surface area contributed by atoms with Crippen LogP contribution in [0.5, 0.6) is 5.75 Å². The van der Waals surface area contributed by atoms with Crippen LogP contribution in [0.15, 0.2) is 24.5 Å². The number of nitrogens with two attached hydrogens (primary N) is 1. The number of amides is 1. The number of carbonyl (C=O) groups excluding carboxylic acids is 1. The Morgan fingerprint density at radius 3 is 2.95 bits per heavy atom. The molecule has 0 aliphatic heterocycles. The molecule has 100 valence electrons. The van der Waals surface area contributed by atoms with Crippen LogP contribution in [0, 0.1) is 0 Å². The van der Waals surface area contributed by atoms with Gasteiger partial charge in [-0.1, -0.05) is 0 Å². The molecule has 1 aromatic carbocycles. The maximum Gasteiger partial charge on any atom is 0.255 e. The van der Waals surface area contributed by atoms with Gasteiger partial charge in [0.05, 0.1) is 19.2 Å². The number of nitrogen functional groups attached to an aromatic ring is 1. The van der Waals surface area contributed by atoms with Gasteiger partial charge in [0, 0.05) is 18.8 Å². The Balaban J connectivity index is 2.07. The molecule has 1 amide bonds. The highest BCUT2D eigenvalue weighted by Gasteiger charge is 2.12. The van der Waals surface area contributed by atoms with Gasteiger partial charge in [-0.15, -0.1) is 0 Å². The number of hydrogen-bond donors (Lipinski definition) is 2. The first-order valence-corrected chi connectivity index (χ1v) is 5.66. The van der Waals surface area contributed by atoms with Crippen LogP contribution < -0.4 is 15.8 Å². The topological polar surface area (TPSA) is 95.1 Å². The summed E-state index contributed by atoms with van der Waals surface area (Å²) in [4.78, 5) is 16.0. The molecule has 0 saturated heterocycles. The van der Waals surface area contributed by atoms with Gasteiger partial charge in [0.25, 0.3) is 5.91 Å². The average molecular weight is 261 g/mol. The smallest absolute Gasteiger partial charge is 0.255 e. The minimum Gasteiger partial charge on any atom is -0.496 e. The molecule has 2 aromatic rings. The second-order valence-corrected chi connectivity index (χ2v) is 3.98. The second-order valence-electron chi connectivity index (χ2n) is 3.98. The average Bonchev–Trinajstić information content (AvgIpc) is 2.81. The van der Waals surface area contributed by atoms with Gasteiger partial charge < -0.3 is 15.8 Å². The number of methoxy groups -OCH3 is 1. The third-order valence-electron chi connectivity index (χ3n) is 2.52. The van der Waals surface area contributed by atoms with Gasteiger partial charge in [-0.25, -0.2) is 4.98 Å². The summed E-state index contributed by atoms with van der Waals surface area (Å²) in [6.07, 6.45) is 1.57. The molecular formula is C12H15N5O2. The third-order valence-corrected chi connectivity index (χ3v) is 2.52. The fourth-order valence-electron chi connectivity index (χ4n) is 1.61. The van der Waals surface area contributed by atoms with Crippen LogP contribution in [0.25, 0.3) is 0 Å². The van der Waals surface area contributed by atoms with E-state index in [1.807, 2.05) is 0 Å². The van der Waals surface area contributed by atoms with E-state index < -0.39 is 0 Å². The lowest BCUT2D eigenvalue weighted by atomic mass is 10.1. The van der Waals surface area contributed by atoms with Crippen LogP contribution in [0.3, 0.4) is 0 Å². The fourth-order valence-corrected chi connectivity index (χ4v) is 1.61. The van der Waals surface area contributed by atoms with Crippen molar-refractivity contribution in [2.75, 3.05) is 12.8 Å². The Morgan fingerprint density at radius 1 is 1.53 bits per heavy atom. The van der Waals surface area contributed by atoms with Crippen molar-refractivity contribution in [1.29, 1.82) is 0 Å². The number of aromatic nitrogens is 3. The van der Waals surface area contributed by atoms with Gasteiger partial charge >= 0.3 is 0 Å². The number of anilines is 1. The number of aryl methyl sites for hydroxylation is 1. The van der Waals surface area contributed by atoms with Crippen LogP contribution in [0.1, 0.15) is 16.2 Å². The number of benzene rings is 1. The number of ether oxygens (including phenoxy) is 1. The van der Waals surface area contributed by atoms with Gasteiger partial charge in [-0.3, -0.25) is 9.48 Å². The molecule has 19 heavy (non-hydrogen) atoms. The van der Waals surface area contributed by atoms with Crippen LogP contribution in [-0.2, 0) is 13.6 Å². The van der Waals surface area contributed by atoms with Crippen molar-refractivity contribution in [3.63, 3.8) is 0 Å². The summed E-state index contributed by atoms with van der Waals surface area (Å²) >= 11 is 0. The predicted molar refractivity (Wildman–Crippen MR) is 69.6 cm³/mol. The largest absolute Gasteiger partial charge is 0.496 e. The van der Waals surface area contributed by atoms with Crippen molar-refractivity contribution in [2.45, 2.75) is 6.54 Å². The molecule has 0 atom stereocenters. The summed E-state index contributed by atoms with van der Waals surface area (Å²) in [6.45, 7) is 0.257. The van der Waals surface area contributed by atoms with Crippen molar-refractivity contribution in [2.24, 2.45) is 7.05 Å². The molecule has 1 heterocycles. The van der Waals surface area contributed by atoms with Crippen molar-refractivity contribution in [3.8, 4) is 5.75 Å². The zero-order chi connectivity index (χ0) is 13.8. The third kappa shape index (κ3) is 3.01. The van der Waals surface area contributed by atoms with E-state index in [1.54, 1.807) is 36.3 Å². The SMILES string of the molecule is COc1cc(N)ccc1C(=O)NCc1ncn(C)n1. The van der Waals surface area contributed by atoms with E-state index >= 15 is 0 Å². The molecule has 0 aliphatic rings. The Bertz CT molecular complexity index is 594. The van der Waals surface area contributed by atoms with E-state index in [4.69, 9.17) is 10.5 Å². The summed E-state index contributed by atoms with van der Waals surface area (Å²) in [7, 11) is 3.26. The molecule has 0 bridgehead atoms. The van der Waals surface area contributed by atoms with Gasteiger partial charge in [0.1, 0.15) is 12.1 Å². The van der Waals surface area contributed by atoms with Gasteiger partial charge in [0.15, 0.2) is 5.82 Å². The number of nitrogens with zero attached hydrogens (tertiary/aromatic N) is 3. The summed E-state index contributed by atoms with van der Waals surface area (Å²) in [6, 6.07) is 4.87. The fraction of sp³-hybridized carbons (Fsp3) is 0.250. The van der Waals surface area contributed by atoms with Gasteiger partial charge in [0.2, 0.25) is 0 Å². The van der Waals surface area contributed by atoms with E-state index in [1.165, 1.54) is 7.11 Å². The van der Waals surface area contributed by atoms with Crippen molar-refractivity contribution < 1.29 is 9.53 Å². The van der Waals surface area contributed by atoms with E-state index in [0.717, 1.165) is 0 Å². The zero-order valence-corrected chi connectivity index (χ0v) is 10.8. The Labute approximate surface area is 110 Å². The summed E-state index contributed by atoms with van der Waals surface area (Å²) in [5.41, 5.74) is 6.60. The molecule has 0 unspecified atom stereocenters. The maximum absolute atomic E-state index is 12.0. The molecule has 3 N–H and O–H groups in total. The second kappa shape index (κ2) is 5.38. The van der Waals surface area contributed by atoms with E-state index in [0.29, 0.717) is 22.8 Å². The highest BCUT2D eigenvalue weighted by molar-refractivity contribution is 5.97.